The van der Waals surface area contributed by atoms with Crippen LogP contribution in [0, 0.1) is 6.92 Å². The summed E-state index contributed by atoms with van der Waals surface area (Å²) in [6.07, 6.45) is 8.44. The second-order valence-electron chi connectivity index (χ2n) is 6.27. The summed E-state index contributed by atoms with van der Waals surface area (Å²) in [6, 6.07) is 0.335. The van der Waals surface area contributed by atoms with E-state index in [1.165, 1.54) is 12.8 Å². The summed E-state index contributed by atoms with van der Waals surface area (Å²) in [5.41, 5.74) is 0.634. The van der Waals surface area contributed by atoms with Crippen LogP contribution in [0.5, 0.6) is 0 Å². The number of piperidine rings is 1. The number of hydrogen-bond acceptors (Lipinski definition) is 4. The van der Waals surface area contributed by atoms with Crippen LogP contribution in [0.1, 0.15) is 59.0 Å². The van der Waals surface area contributed by atoms with E-state index in [9.17, 15) is 4.79 Å². The fourth-order valence-electron chi connectivity index (χ4n) is 3.21. The summed E-state index contributed by atoms with van der Waals surface area (Å²) < 4.78 is 2.19. The van der Waals surface area contributed by atoms with Gasteiger partial charge in [-0.25, -0.2) is 9.97 Å². The van der Waals surface area contributed by atoms with Gasteiger partial charge in [-0.2, -0.15) is 0 Å². The Bertz CT molecular complexity index is 688. The highest BCUT2D eigenvalue weighted by Crippen LogP contribution is 2.41. The van der Waals surface area contributed by atoms with E-state index in [0.29, 0.717) is 17.7 Å². The van der Waals surface area contributed by atoms with E-state index >= 15 is 0 Å². The van der Waals surface area contributed by atoms with Crippen LogP contribution in [0.4, 0.5) is 0 Å². The highest BCUT2D eigenvalue weighted by atomic mass is 32.1. The average molecular weight is 316 g/mol. The molecule has 22 heavy (non-hydrogen) atoms. The van der Waals surface area contributed by atoms with E-state index in [-0.39, 0.29) is 5.91 Å². The minimum atomic E-state index is 0.0885. The van der Waals surface area contributed by atoms with Gasteiger partial charge in [-0.3, -0.25) is 4.79 Å². The van der Waals surface area contributed by atoms with Gasteiger partial charge < -0.3 is 9.47 Å². The Kier molecular flexibility index (Phi) is 3.48. The lowest BCUT2D eigenvalue weighted by Crippen LogP contribution is -2.41. The fraction of sp³-hybridized carbons (Fsp3) is 0.562. The molecule has 0 radical (unpaired) electrons. The van der Waals surface area contributed by atoms with Gasteiger partial charge in [0.2, 0.25) is 0 Å². The van der Waals surface area contributed by atoms with Crippen LogP contribution in [0.2, 0.25) is 0 Å². The summed E-state index contributed by atoms with van der Waals surface area (Å²) in [5.74, 6) is 1.73. The van der Waals surface area contributed by atoms with Crippen molar-refractivity contribution in [2.24, 2.45) is 0 Å². The number of thiazole rings is 1. The maximum absolute atomic E-state index is 12.7. The van der Waals surface area contributed by atoms with Crippen LogP contribution >= 0.6 is 11.3 Å². The van der Waals surface area contributed by atoms with E-state index in [1.54, 1.807) is 11.3 Å². The Labute approximate surface area is 134 Å². The number of hydrogen-bond donors (Lipinski definition) is 0. The van der Waals surface area contributed by atoms with E-state index in [4.69, 9.17) is 0 Å². The Morgan fingerprint density at radius 1 is 1.36 bits per heavy atom. The highest BCUT2D eigenvalue weighted by Gasteiger charge is 2.30. The van der Waals surface area contributed by atoms with E-state index in [0.717, 1.165) is 36.8 Å². The largest absolute Gasteiger partial charge is 0.335 e. The molecule has 1 aliphatic heterocycles. The molecule has 2 fully saturated rings. The predicted octanol–water partition coefficient (Wildman–Crippen LogP) is 3.00. The van der Waals surface area contributed by atoms with Gasteiger partial charge in [-0.15, -0.1) is 11.3 Å². The molecule has 5 nitrogen and oxygen atoms in total. The standard InChI is InChI=1S/C16H20N4OS/c1-11-17-6-8-20(11)13-3-2-7-19(9-13)16(21)14-10-22-15(18-14)12-4-5-12/h6,8,10,12-13H,2-5,7,9H2,1H3. The molecular formula is C16H20N4OS. The SMILES string of the molecule is Cc1nccn1C1CCCN(C(=O)c2csc(C3CC3)n2)C1. The van der Waals surface area contributed by atoms with Crippen LogP contribution in [-0.2, 0) is 0 Å². The van der Waals surface area contributed by atoms with E-state index in [1.807, 2.05) is 29.6 Å². The lowest BCUT2D eigenvalue weighted by Gasteiger charge is -2.33. The molecule has 0 aromatic carbocycles. The summed E-state index contributed by atoms with van der Waals surface area (Å²) >= 11 is 1.64. The van der Waals surface area contributed by atoms with Crippen LogP contribution in [0.3, 0.4) is 0 Å². The lowest BCUT2D eigenvalue weighted by molar-refractivity contribution is 0.0673. The number of imidazole rings is 1. The van der Waals surface area contributed by atoms with Gasteiger partial charge >= 0.3 is 0 Å². The molecule has 4 rings (SSSR count). The van der Waals surface area contributed by atoms with Gasteiger partial charge in [0.25, 0.3) is 5.91 Å². The maximum Gasteiger partial charge on any atom is 0.273 e. The normalized spacial score (nSPS) is 22.0. The van der Waals surface area contributed by atoms with Gasteiger partial charge in [0.15, 0.2) is 0 Å². The molecule has 1 unspecified atom stereocenters. The summed E-state index contributed by atoms with van der Waals surface area (Å²) in [4.78, 5) is 23.5. The monoisotopic (exact) mass is 316 g/mol. The molecule has 1 amide bonds. The number of carbonyl (C=O) groups excluding carboxylic acids is 1. The first-order valence-electron chi connectivity index (χ1n) is 7.96. The fourth-order valence-corrected chi connectivity index (χ4v) is 4.17. The van der Waals surface area contributed by atoms with Gasteiger partial charge in [0.1, 0.15) is 11.5 Å². The van der Waals surface area contributed by atoms with Crippen molar-refractivity contribution in [1.82, 2.24) is 19.4 Å². The predicted molar refractivity (Wildman–Crippen MR) is 85.2 cm³/mol. The number of carbonyl (C=O) groups is 1. The molecule has 3 heterocycles. The van der Waals surface area contributed by atoms with Gasteiger partial charge in [-0.05, 0) is 32.6 Å². The molecule has 2 aliphatic rings. The second-order valence-corrected chi connectivity index (χ2v) is 7.16. The third-order valence-electron chi connectivity index (χ3n) is 4.61. The third-order valence-corrected chi connectivity index (χ3v) is 5.61. The van der Waals surface area contributed by atoms with Crippen molar-refractivity contribution in [2.75, 3.05) is 13.1 Å². The molecule has 1 saturated carbocycles. The van der Waals surface area contributed by atoms with Crippen molar-refractivity contribution < 1.29 is 4.79 Å². The minimum absolute atomic E-state index is 0.0885. The van der Waals surface area contributed by atoms with Crippen molar-refractivity contribution in [2.45, 2.75) is 44.6 Å². The van der Waals surface area contributed by atoms with Gasteiger partial charge in [-0.1, -0.05) is 0 Å². The van der Waals surface area contributed by atoms with Crippen molar-refractivity contribution in [1.29, 1.82) is 0 Å². The first kappa shape index (κ1) is 13.9. The number of aromatic nitrogens is 3. The second kappa shape index (κ2) is 5.50. The molecule has 0 bridgehead atoms. The summed E-state index contributed by atoms with van der Waals surface area (Å²) in [7, 11) is 0. The first-order chi connectivity index (χ1) is 10.7. The molecule has 1 saturated heterocycles. The Morgan fingerprint density at radius 3 is 2.95 bits per heavy atom. The Morgan fingerprint density at radius 2 is 2.23 bits per heavy atom. The smallest absolute Gasteiger partial charge is 0.273 e. The van der Waals surface area contributed by atoms with Crippen LogP contribution < -0.4 is 0 Å². The zero-order valence-corrected chi connectivity index (χ0v) is 13.6. The molecule has 1 atom stereocenters. The average Bonchev–Trinajstić information content (AvgIpc) is 3.11. The molecule has 2 aromatic rings. The molecule has 0 N–H and O–H groups in total. The molecular weight excluding hydrogens is 296 g/mol. The quantitative estimate of drug-likeness (QED) is 0.874. The Balaban J connectivity index is 1.49. The zero-order chi connectivity index (χ0) is 15.1. The summed E-state index contributed by atoms with van der Waals surface area (Å²) in [6.45, 7) is 3.61. The molecule has 0 spiro atoms. The molecule has 2 aromatic heterocycles. The van der Waals surface area contributed by atoms with Crippen LogP contribution in [-0.4, -0.2) is 38.4 Å². The van der Waals surface area contributed by atoms with Gasteiger partial charge in [0.05, 0.1) is 11.0 Å². The third kappa shape index (κ3) is 2.56. The minimum Gasteiger partial charge on any atom is -0.335 e. The van der Waals surface area contributed by atoms with Crippen LogP contribution in [0.15, 0.2) is 17.8 Å². The lowest BCUT2D eigenvalue weighted by atomic mass is 10.1. The van der Waals surface area contributed by atoms with E-state index < -0.39 is 0 Å². The number of likely N-dealkylation sites (tertiary alicyclic amines) is 1. The van der Waals surface area contributed by atoms with E-state index in [2.05, 4.69) is 14.5 Å². The topological polar surface area (TPSA) is 51.0 Å². The van der Waals surface area contributed by atoms with Crippen molar-refractivity contribution in [3.8, 4) is 0 Å². The van der Waals surface area contributed by atoms with Crippen molar-refractivity contribution >= 4 is 17.2 Å². The molecule has 116 valence electrons. The zero-order valence-electron chi connectivity index (χ0n) is 12.7. The van der Waals surface area contributed by atoms with Crippen LogP contribution in [0.25, 0.3) is 0 Å². The number of rotatable bonds is 3. The van der Waals surface area contributed by atoms with Crippen molar-refractivity contribution in [3.63, 3.8) is 0 Å². The maximum atomic E-state index is 12.7. The first-order valence-corrected chi connectivity index (χ1v) is 8.84. The molecule has 1 aliphatic carbocycles. The van der Waals surface area contributed by atoms with Gasteiger partial charge in [0, 0.05) is 36.8 Å². The summed E-state index contributed by atoms with van der Waals surface area (Å²) in [5, 5.41) is 3.07. The highest BCUT2D eigenvalue weighted by molar-refractivity contribution is 7.10. The number of aryl methyl sites for hydroxylation is 1. The number of nitrogens with zero attached hydrogens (tertiary/aromatic N) is 4. The number of amides is 1. The molecule has 6 heteroatoms. The Hall–Kier alpha value is -1.69. The van der Waals surface area contributed by atoms with Crippen molar-refractivity contribution in [3.05, 3.63) is 34.3 Å².